The first kappa shape index (κ1) is 15.2. The number of benzene rings is 1. The van der Waals surface area contributed by atoms with E-state index in [-0.39, 0.29) is 11.9 Å². The number of hydrogen-bond donors (Lipinski definition) is 1. The summed E-state index contributed by atoms with van der Waals surface area (Å²) in [5, 5.41) is 3.40. The highest BCUT2D eigenvalue weighted by Crippen LogP contribution is 2.16. The van der Waals surface area contributed by atoms with E-state index in [4.69, 9.17) is 11.6 Å². The SMILES string of the molecule is C[C@@H](NC(=O)c1cc(Cl)ccn1)c1ccc(-n2ccnc2)cc1. The zero-order valence-corrected chi connectivity index (χ0v) is 13.2. The minimum Gasteiger partial charge on any atom is -0.344 e. The number of amides is 1. The van der Waals surface area contributed by atoms with Gasteiger partial charge in [-0.05, 0) is 36.8 Å². The van der Waals surface area contributed by atoms with Crippen LogP contribution >= 0.6 is 11.6 Å². The Morgan fingerprint density at radius 2 is 2.00 bits per heavy atom. The molecule has 0 radical (unpaired) electrons. The molecule has 0 unspecified atom stereocenters. The normalized spacial score (nSPS) is 11.9. The smallest absolute Gasteiger partial charge is 0.270 e. The summed E-state index contributed by atoms with van der Waals surface area (Å²) in [5.74, 6) is -0.251. The molecule has 0 bridgehead atoms. The van der Waals surface area contributed by atoms with Crippen LogP contribution in [0.3, 0.4) is 0 Å². The van der Waals surface area contributed by atoms with Gasteiger partial charge in [0.05, 0.1) is 12.4 Å². The number of pyridine rings is 1. The highest BCUT2D eigenvalue weighted by atomic mass is 35.5. The highest BCUT2D eigenvalue weighted by molar-refractivity contribution is 6.30. The molecule has 0 aliphatic carbocycles. The quantitative estimate of drug-likeness (QED) is 0.799. The van der Waals surface area contributed by atoms with Gasteiger partial charge in [-0.2, -0.15) is 0 Å². The van der Waals surface area contributed by atoms with Crippen molar-refractivity contribution in [3.05, 3.63) is 77.6 Å². The van der Waals surface area contributed by atoms with Gasteiger partial charge >= 0.3 is 0 Å². The summed E-state index contributed by atoms with van der Waals surface area (Å²) in [6.07, 6.45) is 6.87. The van der Waals surface area contributed by atoms with E-state index in [0.29, 0.717) is 10.7 Å². The van der Waals surface area contributed by atoms with Gasteiger partial charge in [0.25, 0.3) is 5.91 Å². The van der Waals surface area contributed by atoms with E-state index < -0.39 is 0 Å². The molecular formula is C17H15ClN4O. The maximum absolute atomic E-state index is 12.2. The molecule has 0 aliphatic rings. The number of carbonyl (C=O) groups is 1. The maximum Gasteiger partial charge on any atom is 0.270 e. The Balaban J connectivity index is 1.70. The fourth-order valence-electron chi connectivity index (χ4n) is 2.23. The van der Waals surface area contributed by atoms with Crippen LogP contribution in [0, 0.1) is 0 Å². The highest BCUT2D eigenvalue weighted by Gasteiger charge is 2.13. The first-order chi connectivity index (χ1) is 11.1. The molecule has 0 aliphatic heterocycles. The van der Waals surface area contributed by atoms with E-state index in [1.54, 1.807) is 24.7 Å². The predicted molar refractivity (Wildman–Crippen MR) is 88.7 cm³/mol. The van der Waals surface area contributed by atoms with Crippen molar-refractivity contribution in [1.82, 2.24) is 19.9 Å². The van der Waals surface area contributed by atoms with Gasteiger partial charge in [-0.15, -0.1) is 0 Å². The van der Waals surface area contributed by atoms with E-state index in [9.17, 15) is 4.79 Å². The molecule has 1 aromatic carbocycles. The molecule has 5 nitrogen and oxygen atoms in total. The Hall–Kier alpha value is -2.66. The lowest BCUT2D eigenvalue weighted by molar-refractivity contribution is 0.0935. The van der Waals surface area contributed by atoms with Gasteiger partial charge in [0, 0.05) is 29.3 Å². The van der Waals surface area contributed by atoms with Gasteiger partial charge in [-0.1, -0.05) is 23.7 Å². The number of rotatable bonds is 4. The molecular weight excluding hydrogens is 312 g/mol. The molecule has 0 saturated heterocycles. The zero-order valence-electron chi connectivity index (χ0n) is 12.5. The van der Waals surface area contributed by atoms with Crippen LogP contribution < -0.4 is 5.32 Å². The summed E-state index contributed by atoms with van der Waals surface area (Å²) in [4.78, 5) is 20.2. The molecule has 2 heterocycles. The van der Waals surface area contributed by atoms with Crippen molar-refractivity contribution in [3.8, 4) is 5.69 Å². The number of halogens is 1. The minimum atomic E-state index is -0.251. The summed E-state index contributed by atoms with van der Waals surface area (Å²) in [7, 11) is 0. The van der Waals surface area contributed by atoms with E-state index in [2.05, 4.69) is 15.3 Å². The second-order valence-corrected chi connectivity index (χ2v) is 5.55. The van der Waals surface area contributed by atoms with Gasteiger partial charge in [0.15, 0.2) is 0 Å². The molecule has 3 aromatic rings. The van der Waals surface area contributed by atoms with Crippen molar-refractivity contribution in [1.29, 1.82) is 0 Å². The van der Waals surface area contributed by atoms with Crippen molar-refractivity contribution in [3.63, 3.8) is 0 Å². The molecule has 1 amide bonds. The summed E-state index contributed by atoms with van der Waals surface area (Å²) in [5.41, 5.74) is 2.32. The lowest BCUT2D eigenvalue weighted by atomic mass is 10.1. The minimum absolute atomic E-state index is 0.139. The topological polar surface area (TPSA) is 59.8 Å². The van der Waals surface area contributed by atoms with E-state index >= 15 is 0 Å². The lowest BCUT2D eigenvalue weighted by Gasteiger charge is -2.15. The molecule has 2 aromatic heterocycles. The van der Waals surface area contributed by atoms with Crippen molar-refractivity contribution in [2.75, 3.05) is 0 Å². The van der Waals surface area contributed by atoms with Gasteiger partial charge in [0.2, 0.25) is 0 Å². The maximum atomic E-state index is 12.2. The summed E-state index contributed by atoms with van der Waals surface area (Å²) in [6.45, 7) is 1.93. The Labute approximate surface area is 139 Å². The Morgan fingerprint density at radius 1 is 1.22 bits per heavy atom. The molecule has 116 valence electrons. The van der Waals surface area contributed by atoms with Crippen LogP contribution in [0.5, 0.6) is 0 Å². The second-order valence-electron chi connectivity index (χ2n) is 5.12. The monoisotopic (exact) mass is 326 g/mol. The molecule has 0 spiro atoms. The van der Waals surface area contributed by atoms with Gasteiger partial charge < -0.3 is 9.88 Å². The van der Waals surface area contributed by atoms with E-state index in [0.717, 1.165) is 11.3 Å². The predicted octanol–water partition coefficient (Wildman–Crippen LogP) is 3.41. The summed E-state index contributed by atoms with van der Waals surface area (Å²) < 4.78 is 1.92. The van der Waals surface area contributed by atoms with Crippen molar-refractivity contribution in [2.24, 2.45) is 0 Å². The Bertz CT molecular complexity index is 800. The molecule has 6 heteroatoms. The molecule has 1 N–H and O–H groups in total. The number of aromatic nitrogens is 3. The molecule has 1 atom stereocenters. The summed E-state index contributed by atoms with van der Waals surface area (Å²) in [6, 6.07) is 11.0. The number of hydrogen-bond acceptors (Lipinski definition) is 3. The Morgan fingerprint density at radius 3 is 2.65 bits per heavy atom. The molecule has 3 rings (SSSR count). The van der Waals surface area contributed by atoms with Crippen LogP contribution in [0.1, 0.15) is 29.0 Å². The lowest BCUT2D eigenvalue weighted by Crippen LogP contribution is -2.27. The number of nitrogens with one attached hydrogen (secondary N) is 1. The third-order valence-electron chi connectivity index (χ3n) is 3.50. The van der Waals surface area contributed by atoms with Gasteiger partial charge in [-0.3, -0.25) is 9.78 Å². The number of carbonyl (C=O) groups excluding carboxylic acids is 1. The van der Waals surface area contributed by atoms with Crippen molar-refractivity contribution >= 4 is 17.5 Å². The third-order valence-corrected chi connectivity index (χ3v) is 3.73. The third kappa shape index (κ3) is 3.57. The number of imidazole rings is 1. The van der Waals surface area contributed by atoms with Crippen LogP contribution in [-0.4, -0.2) is 20.4 Å². The van der Waals surface area contributed by atoms with Crippen LogP contribution in [0.25, 0.3) is 5.69 Å². The largest absolute Gasteiger partial charge is 0.344 e. The van der Waals surface area contributed by atoms with Gasteiger partial charge in [0.1, 0.15) is 5.69 Å². The summed E-state index contributed by atoms with van der Waals surface area (Å²) >= 11 is 5.88. The standard InChI is InChI=1S/C17H15ClN4O/c1-12(21-17(23)16-10-14(18)6-7-20-16)13-2-4-15(5-3-13)22-9-8-19-11-22/h2-12H,1H3,(H,21,23)/t12-/m1/s1. The second kappa shape index (κ2) is 6.62. The molecule has 0 fully saturated rings. The van der Waals surface area contributed by atoms with E-state index in [1.807, 2.05) is 42.0 Å². The first-order valence-electron chi connectivity index (χ1n) is 7.14. The fourth-order valence-corrected chi connectivity index (χ4v) is 2.39. The number of nitrogens with zero attached hydrogens (tertiary/aromatic N) is 3. The van der Waals surface area contributed by atoms with E-state index in [1.165, 1.54) is 6.20 Å². The van der Waals surface area contributed by atoms with Crippen molar-refractivity contribution in [2.45, 2.75) is 13.0 Å². The molecule has 0 saturated carbocycles. The molecule has 23 heavy (non-hydrogen) atoms. The average Bonchev–Trinajstić information content (AvgIpc) is 3.09. The van der Waals surface area contributed by atoms with Crippen LogP contribution in [0.2, 0.25) is 5.02 Å². The fraction of sp³-hybridized carbons (Fsp3) is 0.118. The van der Waals surface area contributed by atoms with Crippen LogP contribution in [-0.2, 0) is 0 Å². The first-order valence-corrected chi connectivity index (χ1v) is 7.52. The van der Waals surface area contributed by atoms with Crippen LogP contribution in [0.4, 0.5) is 0 Å². The van der Waals surface area contributed by atoms with Gasteiger partial charge in [-0.25, -0.2) is 4.98 Å². The zero-order chi connectivity index (χ0) is 16.2. The van der Waals surface area contributed by atoms with Crippen LogP contribution in [0.15, 0.2) is 61.3 Å². The average molecular weight is 327 g/mol. The Kier molecular flexibility index (Phi) is 4.39. The van der Waals surface area contributed by atoms with Crippen molar-refractivity contribution < 1.29 is 4.79 Å².